The van der Waals surface area contributed by atoms with Gasteiger partial charge < -0.3 is 15.0 Å². The third-order valence-electron chi connectivity index (χ3n) is 4.68. The molecule has 0 saturated carbocycles. The highest BCUT2D eigenvalue weighted by molar-refractivity contribution is 7.89. The maximum atomic E-state index is 13.4. The van der Waals surface area contributed by atoms with Crippen molar-refractivity contribution < 1.29 is 27.1 Å². The summed E-state index contributed by atoms with van der Waals surface area (Å²) in [6.07, 6.45) is -0.498. The van der Waals surface area contributed by atoms with Crippen LogP contribution in [0, 0.1) is 12.7 Å². The molecule has 0 aliphatic carbocycles. The van der Waals surface area contributed by atoms with E-state index in [2.05, 4.69) is 10.0 Å². The molecule has 0 atom stereocenters. The van der Waals surface area contributed by atoms with Crippen LogP contribution in [0.1, 0.15) is 36.7 Å². The number of hydrogen-bond acceptors (Lipinski definition) is 5. The summed E-state index contributed by atoms with van der Waals surface area (Å²) in [5, 5.41) is 2.63. The number of halogens is 1. The lowest BCUT2D eigenvalue weighted by atomic mass is 10.1. The number of rotatable bonds is 5. The fourth-order valence-corrected chi connectivity index (χ4v) is 4.31. The summed E-state index contributed by atoms with van der Waals surface area (Å²) in [4.78, 5) is 25.9. The summed E-state index contributed by atoms with van der Waals surface area (Å²) in [6.45, 7) is 7.23. The van der Waals surface area contributed by atoms with E-state index in [9.17, 15) is 22.4 Å². The van der Waals surface area contributed by atoms with Gasteiger partial charge in [-0.1, -0.05) is 6.07 Å². The highest BCUT2D eigenvalue weighted by Gasteiger charge is 2.36. The zero-order valence-electron chi connectivity index (χ0n) is 18.3. The van der Waals surface area contributed by atoms with Gasteiger partial charge in [0.25, 0.3) is 5.91 Å². The van der Waals surface area contributed by atoms with Crippen molar-refractivity contribution in [1.82, 2.24) is 9.62 Å². The minimum absolute atomic E-state index is 0.0730. The van der Waals surface area contributed by atoms with Crippen LogP contribution in [0.4, 0.5) is 14.9 Å². The van der Waals surface area contributed by atoms with Crippen LogP contribution >= 0.6 is 0 Å². The van der Waals surface area contributed by atoms with E-state index in [1.807, 2.05) is 0 Å². The van der Waals surface area contributed by atoms with Crippen LogP contribution in [0.2, 0.25) is 0 Å². The fourth-order valence-electron chi connectivity index (χ4n) is 3.05. The molecule has 1 heterocycles. The molecule has 32 heavy (non-hydrogen) atoms. The molecule has 8 nitrogen and oxygen atoms in total. The van der Waals surface area contributed by atoms with Crippen LogP contribution in [0.3, 0.4) is 0 Å². The van der Waals surface area contributed by atoms with Crippen molar-refractivity contribution in [3.63, 3.8) is 0 Å². The van der Waals surface area contributed by atoms with E-state index in [4.69, 9.17) is 4.74 Å². The molecular weight excluding hydrogens is 437 g/mol. The SMILES string of the molecule is Cc1cc(NC(=O)c2cccc(S(=O)(=O)NC3CN(C(=O)OC(C)(C)C)C3)c2)ccc1F. The van der Waals surface area contributed by atoms with Crippen molar-refractivity contribution in [2.45, 2.75) is 44.2 Å². The third-order valence-corrected chi connectivity index (χ3v) is 6.20. The molecule has 0 radical (unpaired) electrons. The predicted octanol–water partition coefficient (Wildman–Crippen LogP) is 3.28. The Morgan fingerprint density at radius 3 is 2.44 bits per heavy atom. The lowest BCUT2D eigenvalue weighted by molar-refractivity contribution is 0.00737. The fraction of sp³-hybridized carbons (Fsp3) is 0.364. The van der Waals surface area contributed by atoms with Gasteiger partial charge in [-0.3, -0.25) is 4.79 Å². The van der Waals surface area contributed by atoms with E-state index in [-0.39, 0.29) is 29.4 Å². The zero-order chi connectivity index (χ0) is 23.7. The van der Waals surface area contributed by atoms with E-state index in [0.717, 1.165) is 0 Å². The van der Waals surface area contributed by atoms with Gasteiger partial charge in [0.1, 0.15) is 11.4 Å². The molecule has 2 aromatic rings. The van der Waals surface area contributed by atoms with Gasteiger partial charge in [0.05, 0.1) is 10.9 Å². The van der Waals surface area contributed by atoms with Gasteiger partial charge in [0.2, 0.25) is 10.0 Å². The molecular formula is C22H26FN3O5S. The van der Waals surface area contributed by atoms with Crippen LogP contribution in [-0.2, 0) is 14.8 Å². The molecule has 0 unspecified atom stereocenters. The van der Waals surface area contributed by atoms with Gasteiger partial charge in [0.15, 0.2) is 0 Å². The highest BCUT2D eigenvalue weighted by atomic mass is 32.2. The van der Waals surface area contributed by atoms with E-state index < -0.39 is 33.7 Å². The maximum Gasteiger partial charge on any atom is 0.410 e. The first-order valence-corrected chi connectivity index (χ1v) is 11.5. The highest BCUT2D eigenvalue weighted by Crippen LogP contribution is 2.19. The second-order valence-electron chi connectivity index (χ2n) is 8.65. The van der Waals surface area contributed by atoms with Crippen molar-refractivity contribution in [2.24, 2.45) is 0 Å². The Bertz CT molecular complexity index is 1140. The van der Waals surface area contributed by atoms with Crippen molar-refractivity contribution >= 4 is 27.7 Å². The number of nitrogens with one attached hydrogen (secondary N) is 2. The molecule has 2 aromatic carbocycles. The second kappa shape index (κ2) is 8.87. The van der Waals surface area contributed by atoms with Gasteiger partial charge >= 0.3 is 6.09 Å². The first-order chi connectivity index (χ1) is 14.8. The minimum Gasteiger partial charge on any atom is -0.444 e. The van der Waals surface area contributed by atoms with Gasteiger partial charge in [-0.25, -0.2) is 22.3 Å². The number of likely N-dealkylation sites (tertiary alicyclic amines) is 1. The summed E-state index contributed by atoms with van der Waals surface area (Å²) in [7, 11) is -3.90. The average molecular weight is 464 g/mol. The Kier molecular flexibility index (Phi) is 6.56. The molecule has 1 aliphatic rings. The van der Waals surface area contributed by atoms with Gasteiger partial charge in [-0.05, 0) is 69.7 Å². The number of nitrogens with zero attached hydrogens (tertiary/aromatic N) is 1. The molecule has 1 fully saturated rings. The topological polar surface area (TPSA) is 105 Å². The van der Waals surface area contributed by atoms with E-state index >= 15 is 0 Å². The van der Waals surface area contributed by atoms with Gasteiger partial charge in [0, 0.05) is 24.3 Å². The van der Waals surface area contributed by atoms with Crippen LogP contribution in [0.25, 0.3) is 0 Å². The number of amides is 2. The summed E-state index contributed by atoms with van der Waals surface area (Å²) in [5.74, 6) is -0.906. The molecule has 172 valence electrons. The van der Waals surface area contributed by atoms with Crippen molar-refractivity contribution in [1.29, 1.82) is 0 Å². The standard InChI is InChI=1S/C22H26FN3O5S/c1-14-10-16(8-9-19(14)23)24-20(27)15-6-5-7-18(11-15)32(29,30)25-17-12-26(13-17)21(28)31-22(2,3)4/h5-11,17,25H,12-13H2,1-4H3,(H,24,27). The number of carbonyl (C=O) groups is 2. The lowest BCUT2D eigenvalue weighted by Gasteiger charge is -2.39. The molecule has 10 heteroatoms. The average Bonchev–Trinajstić information content (AvgIpc) is 2.66. The molecule has 0 bridgehead atoms. The number of carbonyl (C=O) groups excluding carboxylic acids is 2. The third kappa shape index (κ3) is 5.83. The Hall–Kier alpha value is -2.98. The van der Waals surface area contributed by atoms with E-state index in [1.165, 1.54) is 47.4 Å². The van der Waals surface area contributed by atoms with Crippen molar-refractivity contribution in [2.75, 3.05) is 18.4 Å². The molecule has 2 N–H and O–H groups in total. The minimum atomic E-state index is -3.90. The Morgan fingerprint density at radius 2 is 1.81 bits per heavy atom. The normalized spacial score (nSPS) is 14.6. The maximum absolute atomic E-state index is 13.4. The number of hydrogen-bond donors (Lipinski definition) is 2. The number of anilines is 1. The van der Waals surface area contributed by atoms with Crippen LogP contribution in [0.15, 0.2) is 47.4 Å². The molecule has 1 aliphatic heterocycles. The van der Waals surface area contributed by atoms with E-state index in [1.54, 1.807) is 27.7 Å². The van der Waals surface area contributed by atoms with Crippen LogP contribution < -0.4 is 10.0 Å². The second-order valence-corrected chi connectivity index (χ2v) is 10.4. The first kappa shape index (κ1) is 23.7. The quantitative estimate of drug-likeness (QED) is 0.708. The lowest BCUT2D eigenvalue weighted by Crippen LogP contribution is -2.61. The molecule has 1 saturated heterocycles. The summed E-state index contributed by atoms with van der Waals surface area (Å²) >= 11 is 0. The monoisotopic (exact) mass is 463 g/mol. The van der Waals surface area contributed by atoms with Crippen molar-refractivity contribution in [3.8, 4) is 0 Å². The number of aryl methyl sites for hydroxylation is 1. The molecule has 3 rings (SSSR count). The Balaban J connectivity index is 1.63. The molecule has 0 spiro atoms. The number of sulfonamides is 1. The Morgan fingerprint density at radius 1 is 1.12 bits per heavy atom. The van der Waals surface area contributed by atoms with Crippen LogP contribution in [-0.4, -0.2) is 50.1 Å². The smallest absolute Gasteiger partial charge is 0.410 e. The molecule has 0 aromatic heterocycles. The van der Waals surface area contributed by atoms with Gasteiger partial charge in [-0.15, -0.1) is 0 Å². The van der Waals surface area contributed by atoms with Crippen molar-refractivity contribution in [3.05, 3.63) is 59.4 Å². The summed E-state index contributed by atoms with van der Waals surface area (Å²) in [5.41, 5.74) is 0.287. The Labute approximate surface area is 186 Å². The largest absolute Gasteiger partial charge is 0.444 e. The predicted molar refractivity (Wildman–Crippen MR) is 117 cm³/mol. The zero-order valence-corrected chi connectivity index (χ0v) is 19.1. The first-order valence-electron chi connectivity index (χ1n) is 10.0. The van der Waals surface area contributed by atoms with E-state index in [0.29, 0.717) is 11.3 Å². The van der Waals surface area contributed by atoms with Gasteiger partial charge in [-0.2, -0.15) is 0 Å². The summed E-state index contributed by atoms with van der Waals surface area (Å²) in [6, 6.07) is 9.30. The number of ether oxygens (including phenoxy) is 1. The summed E-state index contributed by atoms with van der Waals surface area (Å²) < 4.78 is 46.7. The van der Waals surface area contributed by atoms with Crippen LogP contribution in [0.5, 0.6) is 0 Å². The molecule has 2 amide bonds. The number of benzene rings is 2.